The summed E-state index contributed by atoms with van der Waals surface area (Å²) in [5.74, 6) is 0.0245. The normalized spacial score (nSPS) is 27.6. The molecule has 22 heavy (non-hydrogen) atoms. The Kier molecular flexibility index (Phi) is 4.96. The fourth-order valence-electron chi connectivity index (χ4n) is 2.03. The van der Waals surface area contributed by atoms with E-state index >= 15 is 0 Å². The number of aliphatic hydroxyl groups excluding tert-OH is 2. The molecule has 1 aromatic heterocycles. The van der Waals surface area contributed by atoms with Crippen LogP contribution in [0.5, 0.6) is 0 Å². The first-order valence-electron chi connectivity index (χ1n) is 6.59. The molecule has 1 fully saturated rings. The molecule has 10 heteroatoms. The van der Waals surface area contributed by atoms with Crippen LogP contribution in [0.3, 0.4) is 0 Å². The maximum Gasteiger partial charge on any atom is 0.508 e. The standard InChI is InChI=1S/C12H17N3O7/c1-2-20-12(19)21-5-6-8(16)9(17)10(22-6)15-4-3-7(13)14-11(15)18/h3-4,6,8-10,16-17H,2,5H2,1H3,(H2,13,14,18)/t6-,8-,9-,10-/m1/s1. The minimum absolute atomic E-state index is 0.0245. The topological polar surface area (TPSA) is 146 Å². The summed E-state index contributed by atoms with van der Waals surface area (Å²) in [6.07, 6.45) is -4.52. The number of anilines is 1. The third-order valence-electron chi connectivity index (χ3n) is 3.09. The number of carbonyl (C=O) groups excluding carboxylic acids is 1. The molecule has 0 saturated carbocycles. The van der Waals surface area contributed by atoms with E-state index in [1.165, 1.54) is 12.3 Å². The lowest BCUT2D eigenvalue weighted by Gasteiger charge is -2.16. The zero-order valence-corrected chi connectivity index (χ0v) is 11.8. The van der Waals surface area contributed by atoms with Crippen molar-refractivity contribution in [3.05, 3.63) is 22.7 Å². The summed E-state index contributed by atoms with van der Waals surface area (Å²) in [6.45, 7) is 1.43. The van der Waals surface area contributed by atoms with Gasteiger partial charge in [-0.25, -0.2) is 9.59 Å². The zero-order chi connectivity index (χ0) is 16.3. The predicted molar refractivity (Wildman–Crippen MR) is 71.8 cm³/mol. The van der Waals surface area contributed by atoms with E-state index in [-0.39, 0.29) is 19.0 Å². The highest BCUT2D eigenvalue weighted by molar-refractivity contribution is 5.59. The van der Waals surface area contributed by atoms with Crippen LogP contribution in [-0.2, 0) is 14.2 Å². The van der Waals surface area contributed by atoms with Crippen LogP contribution >= 0.6 is 0 Å². The summed E-state index contributed by atoms with van der Waals surface area (Å²) in [7, 11) is 0. The second-order valence-corrected chi connectivity index (χ2v) is 4.58. The number of nitrogens with zero attached hydrogens (tertiary/aromatic N) is 2. The van der Waals surface area contributed by atoms with Gasteiger partial charge in [0.1, 0.15) is 30.7 Å². The van der Waals surface area contributed by atoms with Gasteiger partial charge >= 0.3 is 11.8 Å². The zero-order valence-electron chi connectivity index (χ0n) is 11.8. The van der Waals surface area contributed by atoms with E-state index in [1.807, 2.05) is 0 Å². The van der Waals surface area contributed by atoms with Gasteiger partial charge in [0.05, 0.1) is 6.61 Å². The van der Waals surface area contributed by atoms with Crippen LogP contribution < -0.4 is 11.4 Å². The Morgan fingerprint density at radius 2 is 2.18 bits per heavy atom. The lowest BCUT2D eigenvalue weighted by Crippen LogP contribution is -2.36. The van der Waals surface area contributed by atoms with Gasteiger partial charge in [-0.2, -0.15) is 4.98 Å². The molecule has 1 aliphatic heterocycles. The fraction of sp³-hybridized carbons (Fsp3) is 0.583. The van der Waals surface area contributed by atoms with Crippen molar-refractivity contribution in [3.63, 3.8) is 0 Å². The Bertz CT molecular complexity index is 590. The highest BCUT2D eigenvalue weighted by atomic mass is 16.7. The third kappa shape index (κ3) is 3.35. The van der Waals surface area contributed by atoms with Crippen LogP contribution in [0.25, 0.3) is 0 Å². The molecule has 1 aliphatic rings. The van der Waals surface area contributed by atoms with Crippen molar-refractivity contribution in [1.82, 2.24) is 9.55 Å². The first-order chi connectivity index (χ1) is 10.4. The van der Waals surface area contributed by atoms with E-state index < -0.39 is 36.4 Å². The smallest absolute Gasteiger partial charge is 0.435 e. The van der Waals surface area contributed by atoms with E-state index in [0.717, 1.165) is 4.57 Å². The monoisotopic (exact) mass is 315 g/mol. The summed E-state index contributed by atoms with van der Waals surface area (Å²) >= 11 is 0. The summed E-state index contributed by atoms with van der Waals surface area (Å²) < 4.78 is 15.7. The van der Waals surface area contributed by atoms with Crippen LogP contribution in [0.1, 0.15) is 13.2 Å². The molecule has 0 amide bonds. The van der Waals surface area contributed by atoms with Gasteiger partial charge in [0, 0.05) is 6.20 Å². The summed E-state index contributed by atoms with van der Waals surface area (Å²) in [4.78, 5) is 26.3. The molecule has 0 unspecified atom stereocenters. The van der Waals surface area contributed by atoms with Crippen molar-refractivity contribution >= 4 is 12.0 Å². The molecular weight excluding hydrogens is 298 g/mol. The van der Waals surface area contributed by atoms with Crippen molar-refractivity contribution < 1.29 is 29.2 Å². The molecule has 0 radical (unpaired) electrons. The average molecular weight is 315 g/mol. The number of rotatable bonds is 4. The number of aliphatic hydroxyl groups is 2. The molecule has 2 rings (SSSR count). The van der Waals surface area contributed by atoms with Gasteiger partial charge in [-0.3, -0.25) is 4.57 Å². The lowest BCUT2D eigenvalue weighted by atomic mass is 10.1. The molecular formula is C12H17N3O7. The second kappa shape index (κ2) is 6.73. The molecule has 0 spiro atoms. The Labute approximate surface area is 125 Å². The van der Waals surface area contributed by atoms with Crippen LogP contribution in [0.15, 0.2) is 17.1 Å². The van der Waals surface area contributed by atoms with Crippen LogP contribution in [-0.4, -0.2) is 57.4 Å². The summed E-state index contributed by atoms with van der Waals surface area (Å²) in [5.41, 5.74) is 4.64. The Morgan fingerprint density at radius 1 is 1.45 bits per heavy atom. The highest BCUT2D eigenvalue weighted by Crippen LogP contribution is 2.28. The number of carbonyl (C=O) groups is 1. The Morgan fingerprint density at radius 3 is 2.82 bits per heavy atom. The van der Waals surface area contributed by atoms with E-state index in [4.69, 9.17) is 15.2 Å². The van der Waals surface area contributed by atoms with Gasteiger partial charge in [0.25, 0.3) is 0 Å². The molecule has 0 aromatic carbocycles. The van der Waals surface area contributed by atoms with Crippen molar-refractivity contribution in [3.8, 4) is 0 Å². The minimum Gasteiger partial charge on any atom is -0.435 e. The van der Waals surface area contributed by atoms with E-state index in [2.05, 4.69) is 9.72 Å². The molecule has 2 heterocycles. The first-order valence-corrected chi connectivity index (χ1v) is 6.59. The van der Waals surface area contributed by atoms with Gasteiger partial charge in [0.15, 0.2) is 6.23 Å². The van der Waals surface area contributed by atoms with Crippen LogP contribution in [0.4, 0.5) is 10.6 Å². The molecule has 10 nitrogen and oxygen atoms in total. The Hall–Kier alpha value is -2.17. The van der Waals surface area contributed by atoms with Crippen LogP contribution in [0.2, 0.25) is 0 Å². The van der Waals surface area contributed by atoms with E-state index in [0.29, 0.717) is 0 Å². The van der Waals surface area contributed by atoms with Crippen molar-refractivity contribution in [2.75, 3.05) is 18.9 Å². The predicted octanol–water partition coefficient (Wildman–Crippen LogP) is -1.38. The second-order valence-electron chi connectivity index (χ2n) is 4.58. The van der Waals surface area contributed by atoms with Crippen molar-refractivity contribution in [2.24, 2.45) is 0 Å². The Balaban J connectivity index is 2.06. The number of nitrogen functional groups attached to an aromatic ring is 1. The fourth-order valence-corrected chi connectivity index (χ4v) is 2.03. The van der Waals surface area contributed by atoms with Gasteiger partial charge < -0.3 is 30.2 Å². The SMILES string of the molecule is CCOC(=O)OC[C@H]1O[C@@H](n2ccc(N)nc2=O)[C@H](O)[C@@H]1O. The largest absolute Gasteiger partial charge is 0.508 e. The third-order valence-corrected chi connectivity index (χ3v) is 3.09. The molecule has 4 atom stereocenters. The maximum absolute atomic E-state index is 11.7. The molecule has 1 aromatic rings. The maximum atomic E-state index is 11.7. The molecule has 0 aliphatic carbocycles. The van der Waals surface area contributed by atoms with E-state index in [1.54, 1.807) is 6.92 Å². The lowest BCUT2D eigenvalue weighted by molar-refractivity contribution is -0.0638. The van der Waals surface area contributed by atoms with Crippen molar-refractivity contribution in [2.45, 2.75) is 31.5 Å². The van der Waals surface area contributed by atoms with Gasteiger partial charge in [-0.05, 0) is 13.0 Å². The van der Waals surface area contributed by atoms with Crippen LogP contribution in [0, 0.1) is 0 Å². The van der Waals surface area contributed by atoms with Gasteiger partial charge in [-0.15, -0.1) is 0 Å². The molecule has 4 N–H and O–H groups in total. The van der Waals surface area contributed by atoms with Crippen molar-refractivity contribution in [1.29, 1.82) is 0 Å². The number of nitrogens with two attached hydrogens (primary N) is 1. The number of hydrogen-bond acceptors (Lipinski definition) is 9. The van der Waals surface area contributed by atoms with E-state index in [9.17, 15) is 19.8 Å². The van der Waals surface area contributed by atoms with Gasteiger partial charge in [0.2, 0.25) is 0 Å². The molecule has 0 bridgehead atoms. The molecule has 122 valence electrons. The molecule has 1 saturated heterocycles. The first kappa shape index (κ1) is 16.2. The average Bonchev–Trinajstić information content (AvgIpc) is 2.74. The minimum atomic E-state index is -1.39. The summed E-state index contributed by atoms with van der Waals surface area (Å²) in [5, 5.41) is 19.9. The summed E-state index contributed by atoms with van der Waals surface area (Å²) in [6, 6.07) is 1.35. The number of ether oxygens (including phenoxy) is 3. The highest BCUT2D eigenvalue weighted by Gasteiger charge is 2.44. The van der Waals surface area contributed by atoms with Gasteiger partial charge in [-0.1, -0.05) is 0 Å². The quantitative estimate of drug-likeness (QED) is 0.572. The number of aromatic nitrogens is 2. The number of hydrogen-bond donors (Lipinski definition) is 3.